The number of aliphatic hydroxyl groups is 1. The zero-order valence-corrected chi connectivity index (χ0v) is 4.98. The minimum atomic E-state index is -0.234. The highest BCUT2D eigenvalue weighted by Gasteiger charge is 2.19. The zero-order chi connectivity index (χ0) is 5.98. The number of hydrogen-bond donors (Lipinski definition) is 1. The van der Waals surface area contributed by atoms with Gasteiger partial charge in [-0.25, -0.2) is 0 Å². The monoisotopic (exact) mass is 134 g/mol. The van der Waals surface area contributed by atoms with Gasteiger partial charge in [0.15, 0.2) is 6.10 Å². The van der Waals surface area contributed by atoms with Crippen molar-refractivity contribution in [3.05, 3.63) is 0 Å². The molecule has 3 nitrogen and oxygen atoms in total. The number of ether oxygens (including phenoxy) is 2. The van der Waals surface area contributed by atoms with E-state index in [1.807, 2.05) is 0 Å². The Hall–Kier alpha value is -0.350. The maximum atomic E-state index is 8.42. The smallest absolute Gasteiger partial charge is 0.352 e. The summed E-state index contributed by atoms with van der Waals surface area (Å²) in [6.07, 6.45) is -0.234. The molecule has 8 heavy (non-hydrogen) atoms. The van der Waals surface area contributed by atoms with E-state index in [9.17, 15) is 0 Å². The molecule has 1 aliphatic rings. The Morgan fingerprint density at radius 3 is 2.88 bits per heavy atom. The van der Waals surface area contributed by atoms with Crippen LogP contribution in [0, 0.1) is 0 Å². The molecule has 1 N–H and O–H groups in total. The van der Waals surface area contributed by atoms with E-state index in [0.29, 0.717) is 6.61 Å². The fourth-order valence-electron chi connectivity index (χ4n) is 0.455. The Balaban J connectivity index is 2.32. The van der Waals surface area contributed by atoms with Crippen LogP contribution in [0.25, 0.3) is 0 Å². The van der Waals surface area contributed by atoms with Crippen LogP contribution in [0.2, 0.25) is 0 Å². The summed E-state index contributed by atoms with van der Waals surface area (Å²) < 4.78 is 9.48. The van der Waals surface area contributed by atoms with Crippen LogP contribution in [0.3, 0.4) is 0 Å². The van der Waals surface area contributed by atoms with Crippen LogP contribution >= 0.6 is 12.2 Å². The molecule has 1 rings (SSSR count). The van der Waals surface area contributed by atoms with Crippen LogP contribution in [0.15, 0.2) is 0 Å². The fraction of sp³-hybridized carbons (Fsp3) is 0.750. The lowest BCUT2D eigenvalue weighted by molar-refractivity contribution is 0.131. The first-order valence-electron chi connectivity index (χ1n) is 2.27. The predicted molar refractivity (Wildman–Crippen MR) is 30.5 cm³/mol. The highest BCUT2D eigenvalue weighted by atomic mass is 32.1. The van der Waals surface area contributed by atoms with E-state index in [4.69, 9.17) is 14.6 Å². The van der Waals surface area contributed by atoms with Crippen LogP contribution < -0.4 is 0 Å². The first-order chi connectivity index (χ1) is 3.83. The summed E-state index contributed by atoms with van der Waals surface area (Å²) in [4.78, 5) is 0. The number of rotatable bonds is 1. The van der Waals surface area contributed by atoms with Crippen molar-refractivity contribution in [3.8, 4) is 0 Å². The topological polar surface area (TPSA) is 38.7 Å². The second-order valence-corrected chi connectivity index (χ2v) is 1.82. The molecule has 0 aromatic heterocycles. The molecule has 1 fully saturated rings. The minimum absolute atomic E-state index is 0.0276. The van der Waals surface area contributed by atoms with Crippen molar-refractivity contribution >= 4 is 17.5 Å². The molecule has 1 heterocycles. The van der Waals surface area contributed by atoms with Gasteiger partial charge in [-0.3, -0.25) is 0 Å². The second-order valence-electron chi connectivity index (χ2n) is 1.48. The average molecular weight is 134 g/mol. The van der Waals surface area contributed by atoms with Crippen molar-refractivity contribution in [2.24, 2.45) is 0 Å². The molecule has 0 aromatic rings. The van der Waals surface area contributed by atoms with Gasteiger partial charge in [-0.2, -0.15) is 0 Å². The molecular weight excluding hydrogens is 128 g/mol. The number of hydrogen-bond acceptors (Lipinski definition) is 4. The molecule has 0 amide bonds. The summed E-state index contributed by atoms with van der Waals surface area (Å²) >= 11 is 4.51. The molecule has 46 valence electrons. The fourth-order valence-corrected chi connectivity index (χ4v) is 0.659. The van der Waals surface area contributed by atoms with E-state index in [-0.39, 0.29) is 17.9 Å². The van der Waals surface area contributed by atoms with E-state index in [0.717, 1.165) is 0 Å². The second kappa shape index (κ2) is 2.28. The minimum Gasteiger partial charge on any atom is -0.453 e. The number of aliphatic hydroxyl groups excluding tert-OH is 1. The molecule has 0 bridgehead atoms. The highest BCUT2D eigenvalue weighted by molar-refractivity contribution is 7.79. The first kappa shape index (κ1) is 5.78. The molecule has 1 saturated heterocycles. The summed E-state index contributed by atoms with van der Waals surface area (Å²) in [7, 11) is 0. The van der Waals surface area contributed by atoms with Gasteiger partial charge in [0.2, 0.25) is 0 Å². The van der Waals surface area contributed by atoms with Crippen LogP contribution in [-0.4, -0.2) is 29.7 Å². The van der Waals surface area contributed by atoms with Crippen molar-refractivity contribution in [1.29, 1.82) is 0 Å². The molecular formula is C4H6O3S. The van der Waals surface area contributed by atoms with Gasteiger partial charge in [0.05, 0.1) is 6.61 Å². The summed E-state index contributed by atoms with van der Waals surface area (Å²) in [5.74, 6) is 0. The largest absolute Gasteiger partial charge is 0.453 e. The standard InChI is InChI=1S/C4H6O3S/c5-1-3-2-6-4(8)7-3/h3,5H,1-2H2. The van der Waals surface area contributed by atoms with E-state index in [1.54, 1.807) is 0 Å². The lowest BCUT2D eigenvalue weighted by Gasteiger charge is -1.97. The Morgan fingerprint density at radius 2 is 2.62 bits per heavy atom. The van der Waals surface area contributed by atoms with Gasteiger partial charge in [0.25, 0.3) is 0 Å². The Labute approximate surface area is 52.2 Å². The summed E-state index contributed by atoms with van der Waals surface area (Å²) in [6, 6.07) is 0. The lowest BCUT2D eigenvalue weighted by Crippen LogP contribution is -2.14. The summed E-state index contributed by atoms with van der Waals surface area (Å²) in [5, 5.41) is 8.56. The maximum absolute atomic E-state index is 8.42. The van der Waals surface area contributed by atoms with E-state index in [2.05, 4.69) is 12.2 Å². The zero-order valence-electron chi connectivity index (χ0n) is 4.16. The summed E-state index contributed by atoms with van der Waals surface area (Å²) in [5.41, 5.74) is 0. The molecule has 0 saturated carbocycles. The van der Waals surface area contributed by atoms with Gasteiger partial charge >= 0.3 is 5.24 Å². The van der Waals surface area contributed by atoms with Crippen molar-refractivity contribution in [1.82, 2.24) is 0 Å². The van der Waals surface area contributed by atoms with Crippen LogP contribution in [0.5, 0.6) is 0 Å². The maximum Gasteiger partial charge on any atom is 0.352 e. The third kappa shape index (κ3) is 1.08. The van der Waals surface area contributed by atoms with Crippen molar-refractivity contribution < 1.29 is 14.6 Å². The van der Waals surface area contributed by atoms with Crippen molar-refractivity contribution in [3.63, 3.8) is 0 Å². The van der Waals surface area contributed by atoms with E-state index < -0.39 is 0 Å². The van der Waals surface area contributed by atoms with E-state index in [1.165, 1.54) is 0 Å². The van der Waals surface area contributed by atoms with Crippen LogP contribution in [0.4, 0.5) is 0 Å². The van der Waals surface area contributed by atoms with Crippen LogP contribution in [0.1, 0.15) is 0 Å². The molecule has 0 radical (unpaired) electrons. The molecule has 0 spiro atoms. The van der Waals surface area contributed by atoms with Gasteiger partial charge in [-0.05, 0) is 0 Å². The predicted octanol–water partition coefficient (Wildman–Crippen LogP) is -0.321. The van der Waals surface area contributed by atoms with Gasteiger partial charge in [-0.1, -0.05) is 0 Å². The van der Waals surface area contributed by atoms with Gasteiger partial charge in [0, 0.05) is 12.2 Å². The summed E-state index contributed by atoms with van der Waals surface area (Å²) in [6.45, 7) is 0.357. The number of thiocarbonyl (C=S) groups is 1. The molecule has 1 unspecified atom stereocenters. The van der Waals surface area contributed by atoms with Crippen molar-refractivity contribution in [2.45, 2.75) is 6.10 Å². The Kier molecular flexibility index (Phi) is 1.65. The highest BCUT2D eigenvalue weighted by Crippen LogP contribution is 2.04. The molecule has 0 aromatic carbocycles. The molecule has 1 atom stereocenters. The lowest BCUT2D eigenvalue weighted by atomic mass is 10.4. The Morgan fingerprint density at radius 1 is 1.88 bits per heavy atom. The van der Waals surface area contributed by atoms with Crippen molar-refractivity contribution in [2.75, 3.05) is 13.2 Å². The molecule has 0 aliphatic carbocycles. The molecule has 4 heteroatoms. The normalized spacial score (nSPS) is 27.1. The van der Waals surface area contributed by atoms with E-state index >= 15 is 0 Å². The quantitative estimate of drug-likeness (QED) is 0.499. The average Bonchev–Trinajstić information content (AvgIpc) is 2.14. The third-order valence-corrected chi connectivity index (χ3v) is 1.07. The molecule has 1 aliphatic heterocycles. The van der Waals surface area contributed by atoms with Gasteiger partial charge in [0.1, 0.15) is 6.61 Å². The third-order valence-electron chi connectivity index (χ3n) is 0.854. The Bertz CT molecular complexity index is 103. The first-order valence-corrected chi connectivity index (χ1v) is 2.68. The van der Waals surface area contributed by atoms with Gasteiger partial charge < -0.3 is 14.6 Å². The van der Waals surface area contributed by atoms with Gasteiger partial charge in [-0.15, -0.1) is 0 Å². The van der Waals surface area contributed by atoms with Crippen LogP contribution in [-0.2, 0) is 9.47 Å². The SMILES string of the molecule is OCC1COC(=S)O1.